The van der Waals surface area contributed by atoms with Crippen LogP contribution < -0.4 is 0 Å². The van der Waals surface area contributed by atoms with Gasteiger partial charge in [-0.1, -0.05) is 0 Å². The zero-order valence-electron chi connectivity index (χ0n) is 4.23. The molecule has 0 aliphatic carbocycles. The van der Waals surface area contributed by atoms with Crippen LogP contribution in [0.25, 0.3) is 0 Å². The van der Waals surface area contributed by atoms with Crippen molar-refractivity contribution in [2.45, 2.75) is 13.3 Å². The van der Waals surface area contributed by atoms with E-state index in [-0.39, 0.29) is 6.42 Å². The van der Waals surface area contributed by atoms with Gasteiger partial charge in [0.1, 0.15) is 0 Å². The Morgan fingerprint density at radius 3 is 2.00 bits per heavy atom. The van der Waals surface area contributed by atoms with Crippen LogP contribution in [0.2, 0.25) is 0 Å². The van der Waals surface area contributed by atoms with Crippen molar-refractivity contribution in [3.63, 3.8) is 0 Å². The molecule has 0 amide bonds. The highest BCUT2D eigenvalue weighted by Crippen LogP contribution is 1.78. The summed E-state index contributed by atoms with van der Waals surface area (Å²) >= 11 is 0. The molecule has 0 aromatic carbocycles. The summed E-state index contributed by atoms with van der Waals surface area (Å²) < 4.78 is 0. The summed E-state index contributed by atoms with van der Waals surface area (Å²) in [5.41, 5.74) is 0. The lowest BCUT2D eigenvalue weighted by Gasteiger charge is -1.81. The number of rotatable bonds is 2. The summed E-state index contributed by atoms with van der Waals surface area (Å²) in [7, 11) is 0. The van der Waals surface area contributed by atoms with Crippen LogP contribution in [0.1, 0.15) is 13.3 Å². The highest BCUT2D eigenvalue weighted by atomic mass is 16.2. The number of carbonyl (C=O) groups excluding carboxylic acids is 2. The fraction of sp³-hybridized carbons (Fsp3) is 0.400. The van der Waals surface area contributed by atoms with Crippen LogP contribution in [0.5, 0.6) is 0 Å². The van der Waals surface area contributed by atoms with Crippen molar-refractivity contribution in [2.24, 2.45) is 0 Å². The maximum Gasteiger partial charge on any atom is 0.198 e. The number of ketones is 2. The zero-order chi connectivity index (χ0) is 5.86. The van der Waals surface area contributed by atoms with Gasteiger partial charge < -0.3 is 0 Å². The molecule has 39 valence electrons. The van der Waals surface area contributed by atoms with Gasteiger partial charge in [0.05, 0.1) is 0 Å². The third-order valence-corrected chi connectivity index (χ3v) is 0.620. The van der Waals surface area contributed by atoms with E-state index in [1.807, 2.05) is 0 Å². The third kappa shape index (κ3) is 2.09. The van der Waals surface area contributed by atoms with Gasteiger partial charge in [-0.2, -0.15) is 0 Å². The first kappa shape index (κ1) is 6.34. The highest BCUT2D eigenvalue weighted by molar-refractivity contribution is 6.36. The first-order chi connectivity index (χ1) is 3.18. The van der Waals surface area contributed by atoms with Gasteiger partial charge in [-0.15, -0.1) is 0 Å². The Balaban J connectivity index is 3.58. The van der Waals surface area contributed by atoms with E-state index >= 15 is 0 Å². The van der Waals surface area contributed by atoms with Crippen LogP contribution in [-0.4, -0.2) is 11.6 Å². The lowest BCUT2D eigenvalue weighted by molar-refractivity contribution is -0.134. The molecule has 0 spiro atoms. The Morgan fingerprint density at radius 2 is 2.00 bits per heavy atom. The predicted octanol–water partition coefficient (Wildman–Crippen LogP) is 0.369. The molecule has 0 N–H and O–H groups in total. The van der Waals surface area contributed by atoms with Crippen molar-refractivity contribution in [1.29, 1.82) is 0 Å². The molecule has 1 radical (unpaired) electrons. The van der Waals surface area contributed by atoms with Gasteiger partial charge in [-0.05, 0) is 6.92 Å². The van der Waals surface area contributed by atoms with Gasteiger partial charge >= 0.3 is 0 Å². The summed E-state index contributed by atoms with van der Waals surface area (Å²) in [6.45, 7) is 4.48. The maximum absolute atomic E-state index is 10.1. The monoisotopic (exact) mass is 99.0 g/mol. The molecule has 2 nitrogen and oxygen atoms in total. The second kappa shape index (κ2) is 2.50. The van der Waals surface area contributed by atoms with E-state index in [1.54, 1.807) is 0 Å². The van der Waals surface area contributed by atoms with Gasteiger partial charge in [0.2, 0.25) is 0 Å². The topological polar surface area (TPSA) is 34.1 Å². The van der Waals surface area contributed by atoms with Crippen LogP contribution in [0, 0.1) is 6.92 Å². The van der Waals surface area contributed by atoms with Crippen molar-refractivity contribution in [3.8, 4) is 0 Å². The van der Waals surface area contributed by atoms with Gasteiger partial charge in [-0.25, -0.2) is 0 Å². The summed E-state index contributed by atoms with van der Waals surface area (Å²) in [5, 5.41) is 0. The van der Waals surface area contributed by atoms with Crippen LogP contribution >= 0.6 is 0 Å². The minimum absolute atomic E-state index is 0.0787. The summed E-state index contributed by atoms with van der Waals surface area (Å²) in [5.74, 6) is -0.810. The van der Waals surface area contributed by atoms with Gasteiger partial charge in [-0.3, -0.25) is 9.59 Å². The van der Waals surface area contributed by atoms with Crippen LogP contribution in [0.3, 0.4) is 0 Å². The number of carbonyl (C=O) groups is 2. The lowest BCUT2D eigenvalue weighted by Crippen LogP contribution is -2.06. The second-order valence-corrected chi connectivity index (χ2v) is 1.23. The first-order valence-corrected chi connectivity index (χ1v) is 2.01. The molecule has 0 atom stereocenters. The van der Waals surface area contributed by atoms with Crippen molar-refractivity contribution < 1.29 is 9.59 Å². The molecular weight excluding hydrogens is 92.1 g/mol. The zero-order valence-corrected chi connectivity index (χ0v) is 4.23. The Labute approximate surface area is 42.5 Å². The second-order valence-electron chi connectivity index (χ2n) is 1.23. The SMILES string of the molecule is [CH2]CC(=O)C(C)=O. The molecule has 0 aromatic rings. The van der Waals surface area contributed by atoms with Crippen LogP contribution in [0.4, 0.5) is 0 Å². The molecule has 0 heterocycles. The third-order valence-electron chi connectivity index (χ3n) is 0.620. The van der Waals surface area contributed by atoms with Crippen molar-refractivity contribution >= 4 is 11.6 Å². The number of hydrogen-bond acceptors (Lipinski definition) is 2. The van der Waals surface area contributed by atoms with E-state index in [1.165, 1.54) is 6.92 Å². The predicted molar refractivity (Wildman–Crippen MR) is 25.7 cm³/mol. The largest absolute Gasteiger partial charge is 0.291 e. The Morgan fingerprint density at radius 1 is 1.57 bits per heavy atom. The average molecular weight is 99.1 g/mol. The summed E-state index contributed by atoms with van der Waals surface area (Å²) in [6.07, 6.45) is 0.0787. The first-order valence-electron chi connectivity index (χ1n) is 2.01. The molecule has 0 unspecified atom stereocenters. The van der Waals surface area contributed by atoms with Crippen molar-refractivity contribution in [1.82, 2.24) is 0 Å². The fourth-order valence-corrected chi connectivity index (χ4v) is 0.176. The van der Waals surface area contributed by atoms with E-state index in [4.69, 9.17) is 0 Å². The molecule has 0 rings (SSSR count). The molecule has 0 aromatic heterocycles. The minimum atomic E-state index is -0.407. The minimum Gasteiger partial charge on any atom is -0.291 e. The number of hydrogen-bond donors (Lipinski definition) is 0. The van der Waals surface area contributed by atoms with Gasteiger partial charge in [0.15, 0.2) is 11.6 Å². The molecular formula is C5H7O2. The van der Waals surface area contributed by atoms with Gasteiger partial charge in [0, 0.05) is 13.3 Å². The molecule has 0 fully saturated rings. The van der Waals surface area contributed by atoms with Gasteiger partial charge in [0.25, 0.3) is 0 Å². The molecule has 0 aliphatic rings. The summed E-state index contributed by atoms with van der Waals surface area (Å²) in [6, 6.07) is 0. The van der Waals surface area contributed by atoms with E-state index in [9.17, 15) is 9.59 Å². The smallest absolute Gasteiger partial charge is 0.198 e. The number of Topliss-reactive ketones (excluding diaryl/α,β-unsaturated/α-hetero) is 2. The van der Waals surface area contributed by atoms with E-state index < -0.39 is 11.6 Å². The molecule has 0 saturated carbocycles. The molecule has 0 aliphatic heterocycles. The standard InChI is InChI=1S/C5H7O2/c1-3-5(7)4(2)6/h1,3H2,2H3. The van der Waals surface area contributed by atoms with Crippen molar-refractivity contribution in [3.05, 3.63) is 6.92 Å². The Bertz CT molecular complexity index is 94.3. The summed E-state index contributed by atoms with van der Waals surface area (Å²) in [4.78, 5) is 20.1. The van der Waals surface area contributed by atoms with E-state index in [0.717, 1.165) is 0 Å². The average Bonchev–Trinajstić information content (AvgIpc) is 1.65. The lowest BCUT2D eigenvalue weighted by atomic mass is 10.2. The molecule has 0 saturated heterocycles. The molecule has 7 heavy (non-hydrogen) atoms. The Kier molecular flexibility index (Phi) is 2.27. The fourth-order valence-electron chi connectivity index (χ4n) is 0.176. The van der Waals surface area contributed by atoms with Crippen LogP contribution in [-0.2, 0) is 9.59 Å². The van der Waals surface area contributed by atoms with Crippen molar-refractivity contribution in [2.75, 3.05) is 0 Å². The Hall–Kier alpha value is -0.660. The molecule has 0 bridgehead atoms. The van der Waals surface area contributed by atoms with E-state index in [0.29, 0.717) is 0 Å². The van der Waals surface area contributed by atoms with Crippen LogP contribution in [0.15, 0.2) is 0 Å². The molecule has 2 heteroatoms. The normalized spacial score (nSPS) is 8.29. The highest BCUT2D eigenvalue weighted by Gasteiger charge is 2.00. The van der Waals surface area contributed by atoms with E-state index in [2.05, 4.69) is 6.92 Å². The maximum atomic E-state index is 10.1. The quantitative estimate of drug-likeness (QED) is 0.468.